The van der Waals surface area contributed by atoms with Crippen molar-refractivity contribution in [3.63, 3.8) is 0 Å². The summed E-state index contributed by atoms with van der Waals surface area (Å²) in [5.74, 6) is -1.27. The Morgan fingerprint density at radius 2 is 1.83 bits per heavy atom. The van der Waals surface area contributed by atoms with Gasteiger partial charge in [0.2, 0.25) is 0 Å². The highest BCUT2D eigenvalue weighted by Gasteiger charge is 2.54. The number of ketones is 1. The molecule has 0 unspecified atom stereocenters. The van der Waals surface area contributed by atoms with Gasteiger partial charge in [0.15, 0.2) is 24.0 Å². The van der Waals surface area contributed by atoms with Gasteiger partial charge in [-0.2, -0.15) is 8.42 Å². The number of hydrogen-bond donors (Lipinski definition) is 0. The van der Waals surface area contributed by atoms with E-state index < -0.39 is 41.0 Å². The molecule has 0 radical (unpaired) electrons. The largest absolute Gasteiger partial charge is 0.336 e. The predicted molar refractivity (Wildman–Crippen MR) is 78.0 cm³/mol. The molecule has 0 N–H and O–H groups in total. The number of ether oxygens (including phenoxy) is 3. The van der Waals surface area contributed by atoms with E-state index >= 15 is 0 Å². The van der Waals surface area contributed by atoms with E-state index in [1.54, 1.807) is 26.0 Å². The molecule has 1 aromatic rings. The van der Waals surface area contributed by atoms with Crippen LogP contribution in [0.25, 0.3) is 0 Å². The van der Waals surface area contributed by atoms with Crippen molar-refractivity contribution in [3.8, 4) is 0 Å². The number of carbonyl (C=O) groups is 1. The zero-order valence-electron chi connectivity index (χ0n) is 13.0. The molecule has 0 saturated carbocycles. The number of benzene rings is 1. The first kappa shape index (κ1) is 16.5. The Bertz CT molecular complexity index is 708. The lowest BCUT2D eigenvalue weighted by atomic mass is 10.2. The number of rotatable bonds is 4. The molecule has 0 aliphatic carbocycles. The summed E-state index contributed by atoms with van der Waals surface area (Å²) in [6.45, 7) is 4.79. The second-order valence-corrected chi connectivity index (χ2v) is 7.62. The molecule has 0 aromatic heterocycles. The first-order valence-electron chi connectivity index (χ1n) is 7.19. The molecular formula is C15H18O7S. The minimum atomic E-state index is -3.95. The summed E-state index contributed by atoms with van der Waals surface area (Å²) in [5, 5.41) is 0. The average molecular weight is 342 g/mol. The Balaban J connectivity index is 1.63. The average Bonchev–Trinajstić information content (AvgIpc) is 2.91. The van der Waals surface area contributed by atoms with E-state index in [2.05, 4.69) is 0 Å². The van der Waals surface area contributed by atoms with Crippen LogP contribution >= 0.6 is 0 Å². The molecular weight excluding hydrogens is 324 g/mol. The van der Waals surface area contributed by atoms with Crippen LogP contribution < -0.4 is 0 Å². The van der Waals surface area contributed by atoms with E-state index in [0.717, 1.165) is 5.56 Å². The molecule has 23 heavy (non-hydrogen) atoms. The van der Waals surface area contributed by atoms with Crippen molar-refractivity contribution in [2.24, 2.45) is 0 Å². The first-order chi connectivity index (χ1) is 10.7. The Morgan fingerprint density at radius 3 is 2.43 bits per heavy atom. The fourth-order valence-electron chi connectivity index (χ4n) is 2.48. The molecule has 2 aliphatic rings. The van der Waals surface area contributed by atoms with Crippen LogP contribution in [0.3, 0.4) is 0 Å². The summed E-state index contributed by atoms with van der Waals surface area (Å²) >= 11 is 0. The lowest BCUT2D eigenvalue weighted by molar-refractivity contribution is -0.206. The molecule has 0 amide bonds. The highest BCUT2D eigenvalue weighted by molar-refractivity contribution is 7.86. The third-order valence-corrected chi connectivity index (χ3v) is 4.93. The van der Waals surface area contributed by atoms with E-state index in [-0.39, 0.29) is 10.7 Å². The molecule has 126 valence electrons. The zero-order chi connectivity index (χ0) is 16.8. The molecule has 2 saturated heterocycles. The standard InChI is InChI=1S/C15H18O7S/c1-9-4-6-10(7-5-9)23(17,18)19-8-11-12(16)13-14(20-11)22-15(2,3)21-13/h4-7,11,13-14H,8H2,1-3H3/t11-,13-,14-/m1/s1. The monoisotopic (exact) mass is 342 g/mol. The summed E-state index contributed by atoms with van der Waals surface area (Å²) in [7, 11) is -3.95. The van der Waals surface area contributed by atoms with Gasteiger partial charge in [0.05, 0.1) is 4.90 Å². The van der Waals surface area contributed by atoms with E-state index in [1.807, 2.05) is 6.92 Å². The van der Waals surface area contributed by atoms with Crippen LogP contribution in [0.4, 0.5) is 0 Å². The highest BCUT2D eigenvalue weighted by atomic mass is 32.2. The molecule has 3 atom stereocenters. The summed E-state index contributed by atoms with van der Waals surface area (Å²) in [4.78, 5) is 12.2. The molecule has 3 rings (SSSR count). The van der Waals surface area contributed by atoms with Gasteiger partial charge in [-0.1, -0.05) is 17.7 Å². The van der Waals surface area contributed by atoms with Crippen molar-refractivity contribution in [3.05, 3.63) is 29.8 Å². The maximum Gasteiger partial charge on any atom is 0.297 e. The number of aryl methyl sites for hydroxylation is 1. The second kappa shape index (κ2) is 5.64. The smallest absolute Gasteiger partial charge is 0.297 e. The van der Waals surface area contributed by atoms with Crippen molar-refractivity contribution in [2.45, 2.75) is 50.0 Å². The van der Waals surface area contributed by atoms with Gasteiger partial charge in [-0.15, -0.1) is 0 Å². The number of fused-ring (bicyclic) bond motifs is 1. The van der Waals surface area contributed by atoms with Crippen LogP contribution in [0.5, 0.6) is 0 Å². The van der Waals surface area contributed by atoms with Gasteiger partial charge >= 0.3 is 0 Å². The van der Waals surface area contributed by atoms with E-state index in [1.165, 1.54) is 12.1 Å². The van der Waals surface area contributed by atoms with Gasteiger partial charge in [0.25, 0.3) is 10.1 Å². The number of Topliss-reactive ketones (excluding diaryl/α,β-unsaturated/α-hetero) is 1. The third kappa shape index (κ3) is 3.31. The number of carbonyl (C=O) groups excluding carboxylic acids is 1. The normalized spacial score (nSPS) is 29.7. The van der Waals surface area contributed by atoms with Crippen LogP contribution in [0.2, 0.25) is 0 Å². The van der Waals surface area contributed by atoms with Gasteiger partial charge in [-0.25, -0.2) is 0 Å². The lowest BCUT2D eigenvalue weighted by Crippen LogP contribution is -2.33. The van der Waals surface area contributed by atoms with Crippen molar-refractivity contribution >= 4 is 15.9 Å². The van der Waals surface area contributed by atoms with Crippen LogP contribution in [-0.2, 0) is 33.3 Å². The van der Waals surface area contributed by atoms with Crippen LogP contribution in [0.15, 0.2) is 29.2 Å². The van der Waals surface area contributed by atoms with Crippen molar-refractivity contribution < 1.29 is 31.6 Å². The maximum absolute atomic E-state index is 12.2. The van der Waals surface area contributed by atoms with E-state index in [0.29, 0.717) is 0 Å². The van der Waals surface area contributed by atoms with Crippen LogP contribution in [-0.4, -0.2) is 45.1 Å². The van der Waals surface area contributed by atoms with Crippen molar-refractivity contribution in [2.75, 3.05) is 6.61 Å². The molecule has 8 heteroatoms. The molecule has 2 aliphatic heterocycles. The number of hydrogen-bond acceptors (Lipinski definition) is 7. The predicted octanol–water partition coefficient (Wildman–Crippen LogP) is 1.15. The summed E-state index contributed by atoms with van der Waals surface area (Å²) in [6, 6.07) is 6.24. The summed E-state index contributed by atoms with van der Waals surface area (Å²) < 4.78 is 45.4. The molecule has 7 nitrogen and oxygen atoms in total. The van der Waals surface area contributed by atoms with Gasteiger partial charge in [-0.05, 0) is 32.9 Å². The van der Waals surface area contributed by atoms with Crippen LogP contribution in [0.1, 0.15) is 19.4 Å². The summed E-state index contributed by atoms with van der Waals surface area (Å²) in [6.07, 6.45) is -2.70. The van der Waals surface area contributed by atoms with Gasteiger partial charge < -0.3 is 14.2 Å². The topological polar surface area (TPSA) is 88.1 Å². The Labute approximate surface area is 134 Å². The summed E-state index contributed by atoms with van der Waals surface area (Å²) in [5.41, 5.74) is 0.933. The molecule has 0 spiro atoms. The molecule has 2 heterocycles. The van der Waals surface area contributed by atoms with Gasteiger partial charge in [0, 0.05) is 0 Å². The quantitative estimate of drug-likeness (QED) is 0.758. The van der Waals surface area contributed by atoms with Crippen molar-refractivity contribution in [1.29, 1.82) is 0 Å². The Morgan fingerprint density at radius 1 is 1.17 bits per heavy atom. The minimum absolute atomic E-state index is 0.0300. The fourth-order valence-corrected chi connectivity index (χ4v) is 3.39. The fraction of sp³-hybridized carbons (Fsp3) is 0.533. The van der Waals surface area contributed by atoms with Gasteiger partial charge in [0.1, 0.15) is 12.7 Å². The maximum atomic E-state index is 12.2. The second-order valence-electron chi connectivity index (χ2n) is 6.00. The molecule has 1 aromatic carbocycles. The lowest BCUT2D eigenvalue weighted by Gasteiger charge is -2.19. The van der Waals surface area contributed by atoms with Crippen LogP contribution in [0, 0.1) is 6.92 Å². The Kier molecular flexibility index (Phi) is 4.06. The molecule has 0 bridgehead atoms. The third-order valence-electron chi connectivity index (χ3n) is 3.64. The molecule has 2 fully saturated rings. The first-order valence-corrected chi connectivity index (χ1v) is 8.60. The highest BCUT2D eigenvalue weighted by Crippen LogP contribution is 2.35. The van der Waals surface area contributed by atoms with E-state index in [9.17, 15) is 13.2 Å². The van der Waals surface area contributed by atoms with E-state index in [4.69, 9.17) is 18.4 Å². The zero-order valence-corrected chi connectivity index (χ0v) is 13.8. The minimum Gasteiger partial charge on any atom is -0.336 e. The Hall–Kier alpha value is -1.32. The van der Waals surface area contributed by atoms with Gasteiger partial charge in [-0.3, -0.25) is 8.98 Å². The SMILES string of the molecule is Cc1ccc(S(=O)(=O)OC[C@H]2O[C@@H]3OC(C)(C)O[C@@H]3C2=O)cc1. The van der Waals surface area contributed by atoms with Crippen molar-refractivity contribution in [1.82, 2.24) is 0 Å².